The van der Waals surface area contributed by atoms with Gasteiger partial charge >= 0.3 is 0 Å². The van der Waals surface area contributed by atoms with Gasteiger partial charge in [-0.25, -0.2) is 0 Å². The van der Waals surface area contributed by atoms with Gasteiger partial charge in [-0.15, -0.1) is 6.58 Å². The first-order chi connectivity index (χ1) is 20.1. The molecule has 2 bridgehead atoms. The van der Waals surface area contributed by atoms with Gasteiger partial charge in [0.25, 0.3) is 0 Å². The van der Waals surface area contributed by atoms with Crippen LogP contribution in [0.15, 0.2) is 97.8 Å². The van der Waals surface area contributed by atoms with Crippen molar-refractivity contribution in [1.82, 2.24) is 4.98 Å². The minimum absolute atomic E-state index is 0.116. The molecule has 4 aromatic rings. The normalized spacial score (nSPS) is 24.3. The van der Waals surface area contributed by atoms with Crippen molar-refractivity contribution in [2.24, 2.45) is 11.8 Å². The molecule has 6 heteroatoms. The molecule has 0 N–H and O–H groups in total. The molecule has 5 heterocycles. The summed E-state index contributed by atoms with van der Waals surface area (Å²) >= 11 is 0. The molecule has 2 aromatic heterocycles. The molecular formula is C35H40N3O3+. The first-order valence-corrected chi connectivity index (χ1v) is 14.9. The van der Waals surface area contributed by atoms with E-state index in [4.69, 9.17) is 9.47 Å². The summed E-state index contributed by atoms with van der Waals surface area (Å²) in [6.45, 7) is 9.96. The molecule has 0 saturated carbocycles. The van der Waals surface area contributed by atoms with Crippen molar-refractivity contribution in [2.45, 2.75) is 51.5 Å². The third kappa shape index (κ3) is 5.59. The van der Waals surface area contributed by atoms with Gasteiger partial charge in [0.2, 0.25) is 11.9 Å². The third-order valence-electron chi connectivity index (χ3n) is 9.41. The number of ether oxygens (including phenoxy) is 2. The molecule has 6 nitrogen and oxygen atoms in total. The van der Waals surface area contributed by atoms with Gasteiger partial charge in [0.1, 0.15) is 18.8 Å². The number of pyridine rings is 2. The minimum Gasteiger partial charge on any atom is -0.618 e. The number of hydrogen-bond donors (Lipinski definition) is 0. The monoisotopic (exact) mass is 550 g/mol. The highest BCUT2D eigenvalue weighted by Crippen LogP contribution is 2.49. The van der Waals surface area contributed by atoms with E-state index < -0.39 is 0 Å². The lowest BCUT2D eigenvalue weighted by atomic mass is 9.70. The maximum absolute atomic E-state index is 13.4. The second-order valence-corrected chi connectivity index (χ2v) is 11.7. The van der Waals surface area contributed by atoms with Gasteiger partial charge < -0.3 is 19.2 Å². The average Bonchev–Trinajstić information content (AvgIpc) is 3.02. The van der Waals surface area contributed by atoms with E-state index in [1.54, 1.807) is 6.20 Å². The van der Waals surface area contributed by atoms with Crippen LogP contribution in [0.25, 0.3) is 10.9 Å². The number of piperidine rings is 3. The van der Waals surface area contributed by atoms with E-state index >= 15 is 0 Å². The predicted octanol–water partition coefficient (Wildman–Crippen LogP) is 6.53. The largest absolute Gasteiger partial charge is 0.618 e. The van der Waals surface area contributed by atoms with Crippen molar-refractivity contribution in [1.29, 1.82) is 0 Å². The molecule has 3 saturated heterocycles. The van der Waals surface area contributed by atoms with Gasteiger partial charge in [-0.1, -0.05) is 61.5 Å². The molecular weight excluding hydrogens is 510 g/mol. The third-order valence-corrected chi connectivity index (χ3v) is 9.41. The maximum Gasteiger partial charge on any atom is 0.248 e. The van der Waals surface area contributed by atoms with Crippen LogP contribution in [0.2, 0.25) is 0 Å². The molecule has 3 aliphatic rings. The molecule has 0 amide bonds. The Morgan fingerprint density at radius 1 is 1.10 bits per heavy atom. The lowest BCUT2D eigenvalue weighted by Gasteiger charge is -2.58. The van der Waals surface area contributed by atoms with Crippen LogP contribution >= 0.6 is 0 Å². The van der Waals surface area contributed by atoms with Crippen LogP contribution < -0.4 is 9.47 Å². The second-order valence-electron chi connectivity index (χ2n) is 11.7. The average molecular weight is 551 g/mol. The molecule has 0 unspecified atom stereocenters. The highest BCUT2D eigenvalue weighted by Gasteiger charge is 2.55. The standard InChI is InChI=1S/C35H40N3O3/c1-3-20-40-35(32-16-18-36-33-13-9-8-12-31(32)33)34-21-28-17-19-38(34,23-27(28)4-2)24-29-14-15-30(22-37(29)39)41-25-26-10-6-5-7-11-26/h3,5-16,18,22,27-28,34-35H,1,4,17,19-21,23-25H2,2H3/q+1/t27-,28-,34-,35+,38-/m0/s1. The Balaban J connectivity index is 1.33. The number of aromatic nitrogens is 2. The Morgan fingerprint density at radius 3 is 2.73 bits per heavy atom. The van der Waals surface area contributed by atoms with E-state index in [1.807, 2.05) is 60.8 Å². The molecule has 0 aliphatic carbocycles. The first-order valence-electron chi connectivity index (χ1n) is 14.9. The fraction of sp³-hybridized carbons (Fsp3) is 0.371. The molecule has 3 fully saturated rings. The number of rotatable bonds is 11. The van der Waals surface area contributed by atoms with E-state index in [1.165, 1.54) is 12.0 Å². The zero-order valence-corrected chi connectivity index (χ0v) is 23.9. The first kappa shape index (κ1) is 27.4. The van der Waals surface area contributed by atoms with Crippen molar-refractivity contribution in [3.8, 4) is 5.75 Å². The molecule has 3 aliphatic heterocycles. The zero-order chi connectivity index (χ0) is 28.2. The van der Waals surface area contributed by atoms with Crippen molar-refractivity contribution >= 4 is 10.9 Å². The quantitative estimate of drug-likeness (QED) is 0.0923. The fourth-order valence-corrected chi connectivity index (χ4v) is 7.36. The van der Waals surface area contributed by atoms with Crippen molar-refractivity contribution < 1.29 is 18.7 Å². The topological polar surface area (TPSA) is 58.3 Å². The number of fused-ring (bicyclic) bond motifs is 4. The highest BCUT2D eigenvalue weighted by atomic mass is 16.5. The van der Waals surface area contributed by atoms with Crippen LogP contribution in [-0.4, -0.2) is 35.2 Å². The summed E-state index contributed by atoms with van der Waals surface area (Å²) in [5, 5.41) is 14.5. The SMILES string of the molecule is C=CCO[C@H](c1ccnc2ccccc12)[C@@H]1C[C@@H]2CC[N@@+]1(Cc1ccc(OCc3ccccc3)c[n+]1[O-])C[C@@H]2CC. The zero-order valence-electron chi connectivity index (χ0n) is 23.9. The van der Waals surface area contributed by atoms with E-state index in [0.29, 0.717) is 37.3 Å². The summed E-state index contributed by atoms with van der Waals surface area (Å²) in [7, 11) is 0. The Labute approximate surface area is 243 Å². The molecule has 7 rings (SSSR count). The Bertz CT molecular complexity index is 1490. The number of hydrogen-bond acceptors (Lipinski definition) is 4. The van der Waals surface area contributed by atoms with Crippen LogP contribution in [0, 0.1) is 17.0 Å². The number of benzene rings is 2. The summed E-state index contributed by atoms with van der Waals surface area (Å²) in [4.78, 5) is 4.62. The van der Waals surface area contributed by atoms with Gasteiger partial charge in [-0.05, 0) is 41.7 Å². The smallest absolute Gasteiger partial charge is 0.248 e. The summed E-state index contributed by atoms with van der Waals surface area (Å²) in [5.41, 5.74) is 4.01. The van der Waals surface area contributed by atoms with Crippen molar-refractivity contribution in [2.75, 3.05) is 19.7 Å². The van der Waals surface area contributed by atoms with E-state index in [2.05, 4.69) is 42.8 Å². The van der Waals surface area contributed by atoms with Crippen LogP contribution in [0.1, 0.15) is 49.1 Å². The number of para-hydroxylation sites is 1. The van der Waals surface area contributed by atoms with Gasteiger partial charge in [0, 0.05) is 36.4 Å². The van der Waals surface area contributed by atoms with Crippen molar-refractivity contribution in [3.63, 3.8) is 0 Å². The van der Waals surface area contributed by atoms with Gasteiger partial charge in [-0.2, -0.15) is 4.73 Å². The van der Waals surface area contributed by atoms with E-state index in [-0.39, 0.29) is 12.1 Å². The second kappa shape index (κ2) is 12.0. The van der Waals surface area contributed by atoms with Crippen LogP contribution in [-0.2, 0) is 17.9 Å². The maximum atomic E-state index is 13.4. The summed E-state index contributed by atoms with van der Waals surface area (Å²) < 4.78 is 14.5. The Kier molecular flexibility index (Phi) is 8.04. The van der Waals surface area contributed by atoms with Crippen LogP contribution in [0.5, 0.6) is 5.75 Å². The summed E-state index contributed by atoms with van der Waals surface area (Å²) in [6.07, 6.45) is 8.66. The van der Waals surface area contributed by atoms with E-state index in [9.17, 15) is 5.21 Å². The molecule has 0 radical (unpaired) electrons. The molecule has 0 spiro atoms. The minimum atomic E-state index is -0.116. The van der Waals surface area contributed by atoms with Crippen LogP contribution in [0.4, 0.5) is 0 Å². The predicted molar refractivity (Wildman–Crippen MR) is 161 cm³/mol. The van der Waals surface area contributed by atoms with Gasteiger partial charge in [0.05, 0.1) is 25.2 Å². The fourth-order valence-electron chi connectivity index (χ4n) is 7.36. The molecule has 212 valence electrons. The summed E-state index contributed by atoms with van der Waals surface area (Å²) in [5.74, 6) is 1.92. The Hall–Kier alpha value is -3.74. The van der Waals surface area contributed by atoms with Gasteiger partial charge in [0.15, 0.2) is 12.3 Å². The van der Waals surface area contributed by atoms with Gasteiger partial charge in [-0.3, -0.25) is 4.98 Å². The summed E-state index contributed by atoms with van der Waals surface area (Å²) in [6, 6.07) is 24.6. The molecule has 41 heavy (non-hydrogen) atoms. The molecule has 2 aromatic carbocycles. The van der Waals surface area contributed by atoms with Crippen LogP contribution in [0.3, 0.4) is 0 Å². The highest BCUT2D eigenvalue weighted by molar-refractivity contribution is 5.82. The number of nitrogens with zero attached hydrogens (tertiary/aromatic N) is 3. The lowest BCUT2D eigenvalue weighted by molar-refractivity contribution is -0.990. The van der Waals surface area contributed by atoms with Crippen molar-refractivity contribution in [3.05, 3.63) is 120 Å². The molecule has 5 atom stereocenters. The lowest BCUT2D eigenvalue weighted by Crippen LogP contribution is -2.68. The Morgan fingerprint density at radius 2 is 1.93 bits per heavy atom. The van der Waals surface area contributed by atoms with E-state index in [0.717, 1.165) is 57.3 Å². The number of quaternary nitrogens is 1.